The molecule has 0 spiro atoms. The summed E-state index contributed by atoms with van der Waals surface area (Å²) in [5.74, 6) is 0. The Morgan fingerprint density at radius 2 is 2.28 bits per heavy atom. The molecule has 2 rings (SSSR count). The zero-order valence-corrected chi connectivity index (χ0v) is 12.3. The van der Waals surface area contributed by atoms with Crippen LogP contribution >= 0.6 is 27.5 Å². The number of halogens is 2. The number of nitrogens with two attached hydrogens (primary N) is 1. The first-order valence-electron chi connectivity index (χ1n) is 5.73. The smallest absolute Gasteiger partial charge is 0.0800 e. The van der Waals surface area contributed by atoms with Crippen molar-refractivity contribution >= 4 is 27.5 Å². The number of aromatic nitrogens is 3. The highest BCUT2D eigenvalue weighted by Gasteiger charge is 2.18. The van der Waals surface area contributed by atoms with Gasteiger partial charge in [-0.3, -0.25) is 0 Å². The van der Waals surface area contributed by atoms with E-state index in [4.69, 9.17) is 17.3 Å². The molecule has 18 heavy (non-hydrogen) atoms. The first kappa shape index (κ1) is 13.5. The molecule has 0 aliphatic heterocycles. The van der Waals surface area contributed by atoms with Crippen LogP contribution in [-0.2, 0) is 6.54 Å². The third-order valence-electron chi connectivity index (χ3n) is 2.72. The molecule has 1 unspecified atom stereocenters. The van der Waals surface area contributed by atoms with E-state index in [0.29, 0.717) is 5.02 Å². The summed E-state index contributed by atoms with van der Waals surface area (Å²) in [6.45, 7) is 2.89. The molecule has 1 atom stereocenters. The summed E-state index contributed by atoms with van der Waals surface area (Å²) in [7, 11) is 0. The number of nitrogens with zero attached hydrogens (tertiary/aromatic N) is 3. The van der Waals surface area contributed by atoms with Crippen LogP contribution in [0.2, 0.25) is 5.02 Å². The van der Waals surface area contributed by atoms with E-state index in [0.717, 1.165) is 28.7 Å². The second-order valence-electron chi connectivity index (χ2n) is 4.00. The number of benzene rings is 1. The van der Waals surface area contributed by atoms with Crippen molar-refractivity contribution in [3.63, 3.8) is 0 Å². The summed E-state index contributed by atoms with van der Waals surface area (Å²) >= 11 is 9.66. The lowest BCUT2D eigenvalue weighted by Gasteiger charge is -2.15. The van der Waals surface area contributed by atoms with Gasteiger partial charge in [0.1, 0.15) is 0 Å². The highest BCUT2D eigenvalue weighted by molar-refractivity contribution is 9.10. The molecule has 96 valence electrons. The van der Waals surface area contributed by atoms with Crippen LogP contribution in [0.15, 0.2) is 28.9 Å². The van der Waals surface area contributed by atoms with Gasteiger partial charge in [-0.1, -0.05) is 35.9 Å². The average Bonchev–Trinajstić information content (AvgIpc) is 2.80. The fraction of sp³-hybridized carbons (Fsp3) is 0.333. The molecule has 4 nitrogen and oxygen atoms in total. The highest BCUT2D eigenvalue weighted by atomic mass is 79.9. The molecule has 0 aliphatic carbocycles. The maximum atomic E-state index is 6.26. The Morgan fingerprint density at radius 1 is 1.50 bits per heavy atom. The van der Waals surface area contributed by atoms with E-state index in [-0.39, 0.29) is 6.04 Å². The molecule has 1 heterocycles. The van der Waals surface area contributed by atoms with Gasteiger partial charge in [0.2, 0.25) is 0 Å². The molecule has 1 aromatic heterocycles. The molecule has 0 saturated carbocycles. The van der Waals surface area contributed by atoms with E-state index in [1.165, 1.54) is 0 Å². The Labute approximate surface area is 119 Å². The maximum Gasteiger partial charge on any atom is 0.0800 e. The summed E-state index contributed by atoms with van der Waals surface area (Å²) in [5, 5.41) is 8.59. The van der Waals surface area contributed by atoms with Crippen molar-refractivity contribution in [3.8, 4) is 0 Å². The zero-order chi connectivity index (χ0) is 13.1. The topological polar surface area (TPSA) is 56.7 Å². The number of hydrogen-bond acceptors (Lipinski definition) is 3. The Bertz CT molecular complexity index is 541. The van der Waals surface area contributed by atoms with Gasteiger partial charge in [0.05, 0.1) is 23.0 Å². The van der Waals surface area contributed by atoms with E-state index < -0.39 is 0 Å². The highest BCUT2D eigenvalue weighted by Crippen LogP contribution is 2.31. The van der Waals surface area contributed by atoms with Crippen LogP contribution < -0.4 is 5.73 Å². The van der Waals surface area contributed by atoms with Gasteiger partial charge in [0, 0.05) is 11.0 Å². The summed E-state index contributed by atoms with van der Waals surface area (Å²) in [5.41, 5.74) is 7.99. The van der Waals surface area contributed by atoms with Gasteiger partial charge in [-0.15, -0.1) is 5.10 Å². The lowest BCUT2D eigenvalue weighted by atomic mass is 10.1. The molecule has 0 bridgehead atoms. The van der Waals surface area contributed by atoms with Gasteiger partial charge in [-0.25, -0.2) is 4.68 Å². The number of aryl methyl sites for hydroxylation is 1. The van der Waals surface area contributed by atoms with Crippen LogP contribution in [0.25, 0.3) is 0 Å². The average molecular weight is 330 g/mol. The fourth-order valence-corrected chi connectivity index (χ4v) is 2.44. The number of rotatable bonds is 4. The van der Waals surface area contributed by atoms with Crippen molar-refractivity contribution in [1.82, 2.24) is 15.0 Å². The summed E-state index contributed by atoms with van der Waals surface area (Å²) in [4.78, 5) is 0. The minimum atomic E-state index is -0.323. The minimum absolute atomic E-state index is 0.323. The maximum absolute atomic E-state index is 6.26. The van der Waals surface area contributed by atoms with Gasteiger partial charge in [0.15, 0.2) is 0 Å². The Balaban J connectivity index is 2.38. The molecule has 1 aromatic carbocycles. The van der Waals surface area contributed by atoms with E-state index in [1.807, 2.05) is 22.9 Å². The lowest BCUT2D eigenvalue weighted by molar-refractivity contribution is 0.543. The van der Waals surface area contributed by atoms with Crippen LogP contribution in [0.1, 0.15) is 30.6 Å². The lowest BCUT2D eigenvalue weighted by Crippen LogP contribution is -2.18. The number of hydrogen-bond donors (Lipinski definition) is 1. The Hall–Kier alpha value is -0.910. The van der Waals surface area contributed by atoms with Gasteiger partial charge >= 0.3 is 0 Å². The van der Waals surface area contributed by atoms with E-state index in [9.17, 15) is 0 Å². The third-order valence-corrected chi connectivity index (χ3v) is 4.03. The summed E-state index contributed by atoms with van der Waals surface area (Å²) < 4.78 is 2.66. The second kappa shape index (κ2) is 5.82. The largest absolute Gasteiger partial charge is 0.319 e. The molecule has 6 heteroatoms. The quantitative estimate of drug-likeness (QED) is 0.937. The SMILES string of the molecule is CCCn1nncc1C(N)c1cccc(Br)c1Cl. The van der Waals surface area contributed by atoms with E-state index in [2.05, 4.69) is 33.2 Å². The molecular weight excluding hydrogens is 316 g/mol. The molecular formula is C12H14BrClN4. The van der Waals surface area contributed by atoms with Crippen LogP contribution in [0.4, 0.5) is 0 Å². The van der Waals surface area contributed by atoms with Crippen LogP contribution in [0, 0.1) is 0 Å². The normalized spacial score (nSPS) is 12.7. The predicted molar refractivity (Wildman–Crippen MR) is 75.5 cm³/mol. The minimum Gasteiger partial charge on any atom is -0.319 e. The molecule has 2 N–H and O–H groups in total. The third kappa shape index (κ3) is 2.58. The first-order valence-corrected chi connectivity index (χ1v) is 6.90. The van der Waals surface area contributed by atoms with Crippen LogP contribution in [-0.4, -0.2) is 15.0 Å². The summed E-state index contributed by atoms with van der Waals surface area (Å²) in [6, 6.07) is 5.40. The van der Waals surface area contributed by atoms with E-state index in [1.54, 1.807) is 6.20 Å². The van der Waals surface area contributed by atoms with Crippen molar-refractivity contribution in [3.05, 3.63) is 45.1 Å². The fourth-order valence-electron chi connectivity index (χ4n) is 1.81. The Morgan fingerprint density at radius 3 is 3.00 bits per heavy atom. The monoisotopic (exact) mass is 328 g/mol. The predicted octanol–water partition coefficient (Wildman–Crippen LogP) is 3.15. The molecule has 0 fully saturated rings. The molecule has 0 amide bonds. The van der Waals surface area contributed by atoms with Gasteiger partial charge in [-0.2, -0.15) is 0 Å². The van der Waals surface area contributed by atoms with Gasteiger partial charge in [-0.05, 0) is 34.0 Å². The van der Waals surface area contributed by atoms with Crippen molar-refractivity contribution in [2.24, 2.45) is 5.73 Å². The van der Waals surface area contributed by atoms with Gasteiger partial charge in [0.25, 0.3) is 0 Å². The second-order valence-corrected chi connectivity index (χ2v) is 5.24. The van der Waals surface area contributed by atoms with E-state index >= 15 is 0 Å². The first-order chi connectivity index (χ1) is 8.65. The molecule has 0 radical (unpaired) electrons. The van der Waals surface area contributed by atoms with Crippen molar-refractivity contribution in [2.75, 3.05) is 0 Å². The van der Waals surface area contributed by atoms with Crippen LogP contribution in [0.3, 0.4) is 0 Å². The Kier molecular flexibility index (Phi) is 4.37. The standard InChI is InChI=1S/C12H14BrClN4/c1-2-6-18-10(7-16-17-18)12(15)8-4-3-5-9(13)11(8)14/h3-5,7,12H,2,6,15H2,1H3. The van der Waals surface area contributed by atoms with Crippen molar-refractivity contribution in [2.45, 2.75) is 25.9 Å². The molecule has 0 saturated heterocycles. The zero-order valence-electron chi connectivity index (χ0n) is 9.98. The van der Waals surface area contributed by atoms with Gasteiger partial charge < -0.3 is 5.73 Å². The van der Waals surface area contributed by atoms with Crippen LogP contribution in [0.5, 0.6) is 0 Å². The molecule has 0 aliphatic rings. The van der Waals surface area contributed by atoms with Crippen molar-refractivity contribution in [1.29, 1.82) is 0 Å². The summed E-state index contributed by atoms with van der Waals surface area (Å²) in [6.07, 6.45) is 2.67. The molecule has 2 aromatic rings. The van der Waals surface area contributed by atoms with Crippen molar-refractivity contribution < 1.29 is 0 Å².